The zero-order chi connectivity index (χ0) is 12.8. The maximum absolute atomic E-state index is 9.57. The van der Waals surface area contributed by atoms with Crippen LogP contribution in [0.15, 0.2) is 35.1 Å². The van der Waals surface area contributed by atoms with Crippen LogP contribution in [-0.2, 0) is 13.1 Å². The number of aromatic nitrogens is 1. The lowest BCUT2D eigenvalue weighted by Gasteiger charge is -2.08. The third-order valence-electron chi connectivity index (χ3n) is 2.45. The van der Waals surface area contributed by atoms with E-state index in [0.29, 0.717) is 25.4 Å². The normalized spacial score (nSPS) is 10.5. The van der Waals surface area contributed by atoms with Crippen LogP contribution in [0.2, 0.25) is 0 Å². The van der Waals surface area contributed by atoms with E-state index in [2.05, 4.69) is 10.5 Å². The number of phenolic OH excluding ortho intramolecular Hbond substituents is 1. The summed E-state index contributed by atoms with van der Waals surface area (Å²) >= 11 is 0. The molecule has 0 atom stereocenters. The third-order valence-corrected chi connectivity index (χ3v) is 2.45. The molecule has 2 aromatic rings. The maximum Gasteiger partial charge on any atom is 0.161 e. The van der Waals surface area contributed by atoms with Gasteiger partial charge in [0, 0.05) is 19.2 Å². The van der Waals surface area contributed by atoms with Crippen LogP contribution in [0.4, 0.5) is 0 Å². The largest absolute Gasteiger partial charge is 0.504 e. The van der Waals surface area contributed by atoms with Gasteiger partial charge in [-0.1, -0.05) is 11.2 Å². The molecule has 0 aliphatic heterocycles. The smallest absolute Gasteiger partial charge is 0.161 e. The molecule has 0 unspecified atom stereocenters. The van der Waals surface area contributed by atoms with Crippen molar-refractivity contribution in [1.29, 1.82) is 0 Å². The summed E-state index contributed by atoms with van der Waals surface area (Å²) in [6.45, 7) is 3.73. The second-order valence-corrected chi connectivity index (χ2v) is 3.83. The summed E-state index contributed by atoms with van der Waals surface area (Å²) in [4.78, 5) is 0. The second kappa shape index (κ2) is 6.07. The van der Waals surface area contributed by atoms with Crippen molar-refractivity contribution in [2.45, 2.75) is 20.0 Å². The zero-order valence-corrected chi connectivity index (χ0v) is 10.2. The molecule has 0 amide bonds. The standard InChI is InChI=1S/C13H16N2O3/c1-2-17-13-7-10(3-4-12(13)16)8-14-9-11-5-6-18-15-11/h3-7,14,16H,2,8-9H2,1H3. The fourth-order valence-corrected chi connectivity index (χ4v) is 1.60. The molecular weight excluding hydrogens is 232 g/mol. The Labute approximate surface area is 105 Å². The molecule has 18 heavy (non-hydrogen) atoms. The summed E-state index contributed by atoms with van der Waals surface area (Å²) in [6, 6.07) is 7.13. The Morgan fingerprint density at radius 1 is 1.33 bits per heavy atom. The molecule has 0 fully saturated rings. The van der Waals surface area contributed by atoms with Crippen molar-refractivity contribution in [2.75, 3.05) is 6.61 Å². The van der Waals surface area contributed by atoms with Crippen LogP contribution in [0.25, 0.3) is 0 Å². The van der Waals surface area contributed by atoms with E-state index in [9.17, 15) is 5.11 Å². The molecule has 5 heteroatoms. The Morgan fingerprint density at radius 2 is 2.22 bits per heavy atom. The van der Waals surface area contributed by atoms with Gasteiger partial charge in [0.15, 0.2) is 11.5 Å². The molecule has 1 aromatic heterocycles. The second-order valence-electron chi connectivity index (χ2n) is 3.83. The molecule has 0 saturated carbocycles. The number of nitrogens with one attached hydrogen (secondary N) is 1. The number of benzene rings is 1. The lowest BCUT2D eigenvalue weighted by Crippen LogP contribution is -2.12. The van der Waals surface area contributed by atoms with Crippen molar-refractivity contribution in [3.05, 3.63) is 41.8 Å². The van der Waals surface area contributed by atoms with Gasteiger partial charge >= 0.3 is 0 Å². The molecule has 0 radical (unpaired) electrons. The van der Waals surface area contributed by atoms with Gasteiger partial charge in [-0.2, -0.15) is 0 Å². The molecule has 1 aromatic carbocycles. The van der Waals surface area contributed by atoms with Crippen LogP contribution in [0.3, 0.4) is 0 Å². The number of nitrogens with zero attached hydrogens (tertiary/aromatic N) is 1. The summed E-state index contributed by atoms with van der Waals surface area (Å²) in [5, 5.41) is 16.6. The highest BCUT2D eigenvalue weighted by molar-refractivity contribution is 5.41. The van der Waals surface area contributed by atoms with Gasteiger partial charge in [0.2, 0.25) is 0 Å². The van der Waals surface area contributed by atoms with Gasteiger partial charge in [-0.15, -0.1) is 0 Å². The van der Waals surface area contributed by atoms with E-state index in [-0.39, 0.29) is 5.75 Å². The van der Waals surface area contributed by atoms with Crippen LogP contribution >= 0.6 is 0 Å². The number of phenols is 1. The first-order valence-electron chi connectivity index (χ1n) is 5.84. The lowest BCUT2D eigenvalue weighted by atomic mass is 10.2. The number of aromatic hydroxyl groups is 1. The maximum atomic E-state index is 9.57. The van der Waals surface area contributed by atoms with Gasteiger partial charge < -0.3 is 19.7 Å². The Morgan fingerprint density at radius 3 is 2.94 bits per heavy atom. The molecule has 5 nitrogen and oxygen atoms in total. The van der Waals surface area contributed by atoms with Crippen molar-refractivity contribution in [3.8, 4) is 11.5 Å². The minimum atomic E-state index is 0.164. The highest BCUT2D eigenvalue weighted by Crippen LogP contribution is 2.26. The molecule has 0 bridgehead atoms. The predicted molar refractivity (Wildman–Crippen MR) is 66.3 cm³/mol. The molecule has 2 N–H and O–H groups in total. The van der Waals surface area contributed by atoms with Crippen LogP contribution in [-0.4, -0.2) is 16.9 Å². The summed E-state index contributed by atoms with van der Waals surface area (Å²) in [5.74, 6) is 0.676. The van der Waals surface area contributed by atoms with E-state index >= 15 is 0 Å². The molecule has 96 valence electrons. The minimum absolute atomic E-state index is 0.164. The Balaban J connectivity index is 1.90. The quantitative estimate of drug-likeness (QED) is 0.819. The van der Waals surface area contributed by atoms with Gasteiger partial charge in [-0.25, -0.2) is 0 Å². The Hall–Kier alpha value is -2.01. The number of hydrogen-bond donors (Lipinski definition) is 2. The summed E-state index contributed by atoms with van der Waals surface area (Å²) in [7, 11) is 0. The first-order chi connectivity index (χ1) is 8.79. The van der Waals surface area contributed by atoms with Crippen molar-refractivity contribution in [3.63, 3.8) is 0 Å². The molecular formula is C13H16N2O3. The molecule has 0 saturated heterocycles. The third kappa shape index (κ3) is 3.24. The molecule has 0 aliphatic carbocycles. The zero-order valence-electron chi connectivity index (χ0n) is 10.2. The topological polar surface area (TPSA) is 67.5 Å². The van der Waals surface area contributed by atoms with Crippen LogP contribution in [0, 0.1) is 0 Å². The van der Waals surface area contributed by atoms with Gasteiger partial charge in [0.1, 0.15) is 6.26 Å². The number of hydrogen-bond acceptors (Lipinski definition) is 5. The number of ether oxygens (including phenoxy) is 1. The van der Waals surface area contributed by atoms with E-state index in [1.165, 1.54) is 0 Å². The molecule has 2 rings (SSSR count). The first-order valence-corrected chi connectivity index (χ1v) is 5.84. The predicted octanol–water partition coefficient (Wildman–Crippen LogP) is 2.07. The van der Waals surface area contributed by atoms with E-state index in [1.807, 2.05) is 25.1 Å². The molecule has 0 spiro atoms. The first kappa shape index (κ1) is 12.4. The molecule has 1 heterocycles. The van der Waals surface area contributed by atoms with Gasteiger partial charge in [0.05, 0.1) is 12.3 Å². The van der Waals surface area contributed by atoms with Gasteiger partial charge in [0.25, 0.3) is 0 Å². The van der Waals surface area contributed by atoms with Crippen LogP contribution in [0.5, 0.6) is 11.5 Å². The fourth-order valence-electron chi connectivity index (χ4n) is 1.60. The van der Waals surface area contributed by atoms with E-state index in [1.54, 1.807) is 12.3 Å². The van der Waals surface area contributed by atoms with Crippen LogP contribution < -0.4 is 10.1 Å². The molecule has 0 aliphatic rings. The average molecular weight is 248 g/mol. The summed E-state index contributed by atoms with van der Waals surface area (Å²) < 4.78 is 10.1. The van der Waals surface area contributed by atoms with Gasteiger partial charge in [-0.05, 0) is 24.6 Å². The van der Waals surface area contributed by atoms with Crippen LogP contribution in [0.1, 0.15) is 18.2 Å². The summed E-state index contributed by atoms with van der Waals surface area (Å²) in [5.41, 5.74) is 1.90. The van der Waals surface area contributed by atoms with Crippen molar-refractivity contribution >= 4 is 0 Å². The summed E-state index contributed by atoms with van der Waals surface area (Å²) in [6.07, 6.45) is 1.55. The number of rotatable bonds is 6. The monoisotopic (exact) mass is 248 g/mol. The Bertz CT molecular complexity index is 483. The van der Waals surface area contributed by atoms with E-state index in [0.717, 1.165) is 11.3 Å². The highest BCUT2D eigenvalue weighted by atomic mass is 16.5. The highest BCUT2D eigenvalue weighted by Gasteiger charge is 2.03. The SMILES string of the molecule is CCOc1cc(CNCc2ccon2)ccc1O. The van der Waals surface area contributed by atoms with Crippen molar-refractivity contribution in [1.82, 2.24) is 10.5 Å². The van der Waals surface area contributed by atoms with Crippen molar-refractivity contribution in [2.24, 2.45) is 0 Å². The van der Waals surface area contributed by atoms with Gasteiger partial charge in [-0.3, -0.25) is 0 Å². The lowest BCUT2D eigenvalue weighted by molar-refractivity contribution is 0.317. The van der Waals surface area contributed by atoms with Crippen molar-refractivity contribution < 1.29 is 14.4 Å². The fraction of sp³-hybridized carbons (Fsp3) is 0.308. The minimum Gasteiger partial charge on any atom is -0.504 e. The van der Waals surface area contributed by atoms with E-state index < -0.39 is 0 Å². The van der Waals surface area contributed by atoms with E-state index in [4.69, 9.17) is 9.26 Å². The Kier molecular flexibility index (Phi) is 4.20. The average Bonchev–Trinajstić information content (AvgIpc) is 2.87.